The van der Waals surface area contributed by atoms with Crippen LogP contribution in [-0.4, -0.2) is 21.2 Å². The summed E-state index contributed by atoms with van der Waals surface area (Å²) in [5.74, 6) is -0.230. The van der Waals surface area contributed by atoms with Crippen LogP contribution in [0.15, 0.2) is 24.4 Å². The number of nitrogens with zero attached hydrogens (tertiary/aromatic N) is 2. The Morgan fingerprint density at radius 2 is 2.22 bits per heavy atom. The van der Waals surface area contributed by atoms with Crippen LogP contribution in [-0.2, 0) is 10.3 Å². The van der Waals surface area contributed by atoms with E-state index >= 15 is 0 Å². The van der Waals surface area contributed by atoms with Gasteiger partial charge < -0.3 is 9.72 Å². The summed E-state index contributed by atoms with van der Waals surface area (Å²) in [5, 5.41) is 2.91. The van der Waals surface area contributed by atoms with E-state index < -0.39 is 5.54 Å². The standard InChI is InChI=1S/C13H16ClN3O/c1-9-12(13(2,3)16-11(18)8-14)17-7-5-4-6-10(17)15-9/h4-7H,8H2,1-3H3,(H,16,18). The molecule has 96 valence electrons. The van der Waals surface area contributed by atoms with Crippen molar-refractivity contribution >= 4 is 23.2 Å². The van der Waals surface area contributed by atoms with Crippen LogP contribution in [0.4, 0.5) is 0 Å². The molecule has 0 aromatic carbocycles. The number of hydrogen-bond donors (Lipinski definition) is 1. The van der Waals surface area contributed by atoms with E-state index in [1.807, 2.05) is 49.6 Å². The topological polar surface area (TPSA) is 46.4 Å². The third-order valence-corrected chi connectivity index (χ3v) is 3.11. The molecule has 0 saturated carbocycles. The summed E-state index contributed by atoms with van der Waals surface area (Å²) < 4.78 is 1.99. The molecule has 4 nitrogen and oxygen atoms in total. The van der Waals surface area contributed by atoms with Gasteiger partial charge in [0.1, 0.15) is 11.5 Å². The normalized spacial score (nSPS) is 11.8. The second-order valence-corrected chi connectivity index (χ2v) is 5.05. The van der Waals surface area contributed by atoms with Crippen LogP contribution in [0.5, 0.6) is 0 Å². The lowest BCUT2D eigenvalue weighted by atomic mass is 9.98. The highest BCUT2D eigenvalue weighted by Gasteiger charge is 2.28. The zero-order valence-corrected chi connectivity index (χ0v) is 11.5. The van der Waals surface area contributed by atoms with Crippen LogP contribution in [0.3, 0.4) is 0 Å². The molecule has 2 rings (SSSR count). The zero-order chi connectivity index (χ0) is 13.3. The van der Waals surface area contributed by atoms with Crippen LogP contribution in [0.2, 0.25) is 0 Å². The highest BCUT2D eigenvalue weighted by Crippen LogP contribution is 2.24. The van der Waals surface area contributed by atoms with Crippen LogP contribution in [0.1, 0.15) is 25.2 Å². The van der Waals surface area contributed by atoms with Crippen molar-refractivity contribution in [2.24, 2.45) is 0 Å². The van der Waals surface area contributed by atoms with Crippen molar-refractivity contribution in [2.45, 2.75) is 26.3 Å². The number of hydrogen-bond acceptors (Lipinski definition) is 2. The van der Waals surface area contributed by atoms with Crippen molar-refractivity contribution < 1.29 is 4.79 Å². The maximum absolute atomic E-state index is 11.5. The monoisotopic (exact) mass is 265 g/mol. The van der Waals surface area contributed by atoms with Gasteiger partial charge in [0.25, 0.3) is 0 Å². The second-order valence-electron chi connectivity index (χ2n) is 4.78. The smallest absolute Gasteiger partial charge is 0.235 e. The Labute approximate surface area is 111 Å². The number of alkyl halides is 1. The summed E-state index contributed by atoms with van der Waals surface area (Å²) in [5.41, 5.74) is 2.23. The van der Waals surface area contributed by atoms with E-state index in [4.69, 9.17) is 11.6 Å². The number of nitrogens with one attached hydrogen (secondary N) is 1. The number of fused-ring (bicyclic) bond motifs is 1. The fourth-order valence-electron chi connectivity index (χ4n) is 2.31. The van der Waals surface area contributed by atoms with E-state index in [2.05, 4.69) is 10.3 Å². The Bertz CT molecular complexity index is 589. The number of carbonyl (C=O) groups excluding carboxylic acids is 1. The summed E-state index contributed by atoms with van der Waals surface area (Å²) in [6.07, 6.45) is 1.94. The Hall–Kier alpha value is -1.55. The summed E-state index contributed by atoms with van der Waals surface area (Å²) >= 11 is 5.54. The van der Waals surface area contributed by atoms with Crippen molar-refractivity contribution in [3.8, 4) is 0 Å². The second kappa shape index (κ2) is 4.61. The minimum absolute atomic E-state index is 0.0424. The third kappa shape index (κ3) is 2.20. The number of aryl methyl sites for hydroxylation is 1. The molecule has 0 aliphatic rings. The largest absolute Gasteiger partial charge is 0.345 e. The van der Waals surface area contributed by atoms with Crippen LogP contribution < -0.4 is 5.32 Å². The quantitative estimate of drug-likeness (QED) is 0.865. The van der Waals surface area contributed by atoms with Gasteiger partial charge >= 0.3 is 0 Å². The number of rotatable bonds is 3. The third-order valence-electron chi connectivity index (χ3n) is 2.87. The van der Waals surface area contributed by atoms with Gasteiger partial charge in [0.2, 0.25) is 5.91 Å². The lowest BCUT2D eigenvalue weighted by molar-refractivity contribution is -0.120. The predicted molar refractivity (Wildman–Crippen MR) is 71.8 cm³/mol. The van der Waals surface area contributed by atoms with Gasteiger partial charge in [0, 0.05) is 6.20 Å². The Balaban J connectivity index is 2.52. The molecular formula is C13H16ClN3O. The van der Waals surface area contributed by atoms with E-state index in [1.165, 1.54) is 0 Å². The van der Waals surface area contributed by atoms with E-state index in [0.29, 0.717) is 0 Å². The number of amides is 1. The SMILES string of the molecule is Cc1nc2ccccn2c1C(C)(C)NC(=O)CCl. The van der Waals surface area contributed by atoms with Gasteiger partial charge in [-0.25, -0.2) is 4.98 Å². The van der Waals surface area contributed by atoms with Gasteiger partial charge in [-0.3, -0.25) is 4.79 Å². The minimum atomic E-state index is -0.517. The lowest BCUT2D eigenvalue weighted by Gasteiger charge is -2.26. The summed E-state index contributed by atoms with van der Waals surface area (Å²) in [6.45, 7) is 5.83. The Kier molecular flexibility index (Phi) is 3.30. The Morgan fingerprint density at radius 1 is 1.50 bits per heavy atom. The average molecular weight is 266 g/mol. The van der Waals surface area contributed by atoms with Crippen LogP contribution in [0, 0.1) is 6.92 Å². The fraction of sp³-hybridized carbons (Fsp3) is 0.385. The maximum atomic E-state index is 11.5. The first kappa shape index (κ1) is 12.9. The number of pyridine rings is 1. The first-order valence-corrected chi connectivity index (χ1v) is 6.30. The van der Waals surface area contributed by atoms with Gasteiger partial charge in [-0.1, -0.05) is 6.07 Å². The number of aromatic nitrogens is 2. The molecule has 0 fully saturated rings. The number of imidazole rings is 1. The number of carbonyl (C=O) groups is 1. The van der Waals surface area contributed by atoms with Gasteiger partial charge in [-0.15, -0.1) is 11.6 Å². The van der Waals surface area contributed by atoms with Crippen molar-refractivity contribution in [2.75, 3.05) is 5.88 Å². The van der Waals surface area contributed by atoms with Crippen molar-refractivity contribution in [1.29, 1.82) is 0 Å². The van der Waals surface area contributed by atoms with Crippen LogP contribution >= 0.6 is 11.6 Å². The van der Waals surface area contributed by atoms with Gasteiger partial charge in [-0.2, -0.15) is 0 Å². The van der Waals surface area contributed by atoms with Gasteiger partial charge in [0.05, 0.1) is 16.9 Å². The van der Waals surface area contributed by atoms with Crippen molar-refractivity contribution in [3.05, 3.63) is 35.8 Å². The first-order valence-electron chi connectivity index (χ1n) is 5.77. The molecule has 1 N–H and O–H groups in total. The highest BCUT2D eigenvalue weighted by molar-refractivity contribution is 6.27. The molecule has 18 heavy (non-hydrogen) atoms. The predicted octanol–water partition coefficient (Wildman–Crippen LogP) is 2.23. The average Bonchev–Trinajstić information content (AvgIpc) is 2.64. The van der Waals surface area contributed by atoms with E-state index in [9.17, 15) is 4.79 Å². The number of halogens is 1. The molecule has 5 heteroatoms. The molecule has 0 unspecified atom stereocenters. The first-order chi connectivity index (χ1) is 8.45. The molecule has 0 saturated heterocycles. The summed E-state index contributed by atoms with van der Waals surface area (Å²) in [4.78, 5) is 16.0. The molecule has 0 spiro atoms. The van der Waals surface area contributed by atoms with Crippen LogP contribution in [0.25, 0.3) is 5.65 Å². The fourth-order valence-corrected chi connectivity index (χ4v) is 2.37. The highest BCUT2D eigenvalue weighted by atomic mass is 35.5. The van der Waals surface area contributed by atoms with E-state index in [-0.39, 0.29) is 11.8 Å². The molecule has 0 aliphatic heterocycles. The molecule has 2 heterocycles. The molecule has 0 radical (unpaired) electrons. The van der Waals surface area contributed by atoms with E-state index in [0.717, 1.165) is 17.0 Å². The molecule has 2 aromatic heterocycles. The van der Waals surface area contributed by atoms with Crippen molar-refractivity contribution in [3.63, 3.8) is 0 Å². The lowest BCUT2D eigenvalue weighted by Crippen LogP contribution is -2.42. The van der Waals surface area contributed by atoms with Crippen molar-refractivity contribution in [1.82, 2.24) is 14.7 Å². The summed E-state index contributed by atoms with van der Waals surface area (Å²) in [6, 6.07) is 5.82. The zero-order valence-electron chi connectivity index (χ0n) is 10.7. The van der Waals surface area contributed by atoms with E-state index in [1.54, 1.807) is 0 Å². The molecule has 0 atom stereocenters. The molecule has 0 bridgehead atoms. The molecule has 1 amide bonds. The van der Waals surface area contributed by atoms with Gasteiger partial charge in [-0.05, 0) is 32.9 Å². The van der Waals surface area contributed by atoms with Gasteiger partial charge in [0.15, 0.2) is 0 Å². The summed E-state index contributed by atoms with van der Waals surface area (Å²) in [7, 11) is 0. The molecule has 0 aliphatic carbocycles. The maximum Gasteiger partial charge on any atom is 0.235 e. The Morgan fingerprint density at radius 3 is 2.89 bits per heavy atom. The minimum Gasteiger partial charge on any atom is -0.345 e. The molecular weight excluding hydrogens is 250 g/mol. The molecule has 2 aromatic rings.